The Morgan fingerprint density at radius 3 is 2.88 bits per heavy atom. The van der Waals surface area contributed by atoms with E-state index in [2.05, 4.69) is 17.0 Å². The molecule has 0 aliphatic rings. The Hall–Kier alpha value is -2.76. The standard InChI is InChI=1S/C19H20FN3O2/c1-2-3-4-9-23-18-6-5-14(20)11-16(18)17(22-23)10-13-12-21-8-7-15(13)19(24)25/h5-8,11-12H,2-4,9-10H2,1H3,(H,24,25). The molecule has 0 atom stereocenters. The number of hydrogen-bond donors (Lipinski definition) is 1. The maximum absolute atomic E-state index is 13.7. The third-order valence-electron chi connectivity index (χ3n) is 4.25. The zero-order chi connectivity index (χ0) is 17.8. The number of carboxylic acid groups (broad SMARTS) is 1. The molecule has 25 heavy (non-hydrogen) atoms. The Labute approximate surface area is 145 Å². The smallest absolute Gasteiger partial charge is 0.336 e. The second-order valence-electron chi connectivity index (χ2n) is 6.05. The average molecular weight is 341 g/mol. The highest BCUT2D eigenvalue weighted by atomic mass is 19.1. The van der Waals surface area contributed by atoms with E-state index in [9.17, 15) is 14.3 Å². The molecule has 0 saturated carbocycles. The molecule has 130 valence electrons. The van der Waals surface area contributed by atoms with Crippen molar-refractivity contribution in [2.24, 2.45) is 0 Å². The van der Waals surface area contributed by atoms with Gasteiger partial charge < -0.3 is 5.11 Å². The zero-order valence-corrected chi connectivity index (χ0v) is 14.1. The van der Waals surface area contributed by atoms with Crippen LogP contribution in [-0.4, -0.2) is 25.8 Å². The van der Waals surface area contributed by atoms with Gasteiger partial charge in [-0.15, -0.1) is 0 Å². The summed E-state index contributed by atoms with van der Waals surface area (Å²) in [5.74, 6) is -1.33. The molecule has 2 aromatic heterocycles. The van der Waals surface area contributed by atoms with Crippen molar-refractivity contribution in [1.82, 2.24) is 14.8 Å². The molecule has 5 nitrogen and oxygen atoms in total. The summed E-state index contributed by atoms with van der Waals surface area (Å²) in [4.78, 5) is 15.4. The van der Waals surface area contributed by atoms with Gasteiger partial charge in [0.2, 0.25) is 0 Å². The number of hydrogen-bond acceptors (Lipinski definition) is 3. The Balaban J connectivity index is 2.01. The molecule has 2 heterocycles. The van der Waals surface area contributed by atoms with Crippen LogP contribution in [0, 0.1) is 5.82 Å². The van der Waals surface area contributed by atoms with Crippen molar-refractivity contribution < 1.29 is 14.3 Å². The molecule has 3 aromatic rings. The molecule has 0 saturated heterocycles. The lowest BCUT2D eigenvalue weighted by Crippen LogP contribution is -2.05. The average Bonchev–Trinajstić information content (AvgIpc) is 2.92. The topological polar surface area (TPSA) is 68.0 Å². The van der Waals surface area contributed by atoms with E-state index in [0.29, 0.717) is 17.7 Å². The number of fused-ring (bicyclic) bond motifs is 1. The number of aromatic nitrogens is 3. The van der Waals surface area contributed by atoms with Crippen LogP contribution in [0.3, 0.4) is 0 Å². The highest BCUT2D eigenvalue weighted by Gasteiger charge is 2.16. The van der Waals surface area contributed by atoms with E-state index in [4.69, 9.17) is 0 Å². The maximum Gasteiger partial charge on any atom is 0.336 e. The minimum absolute atomic E-state index is 0.195. The molecule has 0 spiro atoms. The van der Waals surface area contributed by atoms with Gasteiger partial charge >= 0.3 is 5.97 Å². The van der Waals surface area contributed by atoms with Gasteiger partial charge in [0.15, 0.2) is 0 Å². The van der Waals surface area contributed by atoms with Crippen molar-refractivity contribution in [3.05, 3.63) is 59.3 Å². The fourth-order valence-corrected chi connectivity index (χ4v) is 2.99. The Morgan fingerprint density at radius 2 is 2.12 bits per heavy atom. The summed E-state index contributed by atoms with van der Waals surface area (Å²) in [6, 6.07) is 6.09. The molecule has 0 bridgehead atoms. The monoisotopic (exact) mass is 341 g/mol. The first-order chi connectivity index (χ1) is 12.1. The molecule has 0 amide bonds. The van der Waals surface area contributed by atoms with Gasteiger partial charge in [0, 0.05) is 30.7 Å². The van der Waals surface area contributed by atoms with Crippen molar-refractivity contribution in [2.45, 2.75) is 39.2 Å². The lowest BCUT2D eigenvalue weighted by Gasteiger charge is -2.03. The van der Waals surface area contributed by atoms with Crippen molar-refractivity contribution >= 4 is 16.9 Å². The summed E-state index contributed by atoms with van der Waals surface area (Å²) in [6.45, 7) is 2.90. The number of nitrogens with zero attached hydrogens (tertiary/aromatic N) is 3. The van der Waals surface area contributed by atoms with Crippen LogP contribution in [-0.2, 0) is 13.0 Å². The molecule has 0 fully saturated rings. The van der Waals surface area contributed by atoms with E-state index < -0.39 is 5.97 Å². The number of benzene rings is 1. The SMILES string of the molecule is CCCCCn1nc(Cc2cnccc2C(=O)O)c2cc(F)ccc21. The molecular weight excluding hydrogens is 321 g/mol. The molecule has 1 N–H and O–H groups in total. The molecule has 1 aromatic carbocycles. The van der Waals surface area contributed by atoms with Gasteiger partial charge in [-0.3, -0.25) is 9.67 Å². The predicted molar refractivity (Wildman–Crippen MR) is 93.2 cm³/mol. The second kappa shape index (κ2) is 7.42. The van der Waals surface area contributed by atoms with E-state index in [0.717, 1.165) is 36.7 Å². The van der Waals surface area contributed by atoms with E-state index >= 15 is 0 Å². The van der Waals surface area contributed by atoms with Crippen molar-refractivity contribution in [1.29, 1.82) is 0 Å². The summed E-state index contributed by atoms with van der Waals surface area (Å²) in [7, 11) is 0. The van der Waals surface area contributed by atoms with Crippen LogP contribution in [0.2, 0.25) is 0 Å². The molecule has 0 aliphatic heterocycles. The normalized spacial score (nSPS) is 11.1. The van der Waals surface area contributed by atoms with Crippen molar-refractivity contribution in [2.75, 3.05) is 0 Å². The minimum atomic E-state index is -1.00. The van der Waals surface area contributed by atoms with E-state index in [1.807, 2.05) is 4.68 Å². The first kappa shape index (κ1) is 17.1. The number of unbranched alkanes of at least 4 members (excludes halogenated alkanes) is 2. The Kier molecular flexibility index (Phi) is 5.07. The van der Waals surface area contributed by atoms with Crippen LogP contribution in [0.15, 0.2) is 36.7 Å². The summed E-state index contributed by atoms with van der Waals surface area (Å²) in [5.41, 5.74) is 2.30. The van der Waals surface area contributed by atoms with E-state index in [-0.39, 0.29) is 11.4 Å². The van der Waals surface area contributed by atoms with Gasteiger partial charge in [0.25, 0.3) is 0 Å². The van der Waals surface area contributed by atoms with Crippen molar-refractivity contribution in [3.8, 4) is 0 Å². The predicted octanol–water partition coefficient (Wildman–Crippen LogP) is 4.05. The number of carboxylic acids is 1. The van der Waals surface area contributed by atoms with Crippen LogP contribution >= 0.6 is 0 Å². The molecular formula is C19H20FN3O2. The molecule has 0 aliphatic carbocycles. The molecule has 3 rings (SSSR count). The molecule has 6 heteroatoms. The van der Waals surface area contributed by atoms with E-state index in [1.165, 1.54) is 30.6 Å². The second-order valence-corrected chi connectivity index (χ2v) is 6.05. The van der Waals surface area contributed by atoms with Crippen LogP contribution in [0.4, 0.5) is 4.39 Å². The van der Waals surface area contributed by atoms with Crippen LogP contribution < -0.4 is 0 Å². The van der Waals surface area contributed by atoms with Crippen LogP contribution in [0.1, 0.15) is 47.8 Å². The quantitative estimate of drug-likeness (QED) is 0.658. The number of halogens is 1. The summed E-state index contributed by atoms with van der Waals surface area (Å²) >= 11 is 0. The lowest BCUT2D eigenvalue weighted by atomic mass is 10.0. The number of aromatic carboxylic acids is 1. The van der Waals surface area contributed by atoms with Gasteiger partial charge in [0.05, 0.1) is 16.8 Å². The van der Waals surface area contributed by atoms with Gasteiger partial charge in [-0.1, -0.05) is 19.8 Å². The van der Waals surface area contributed by atoms with Gasteiger partial charge in [-0.2, -0.15) is 5.10 Å². The Bertz CT molecular complexity index is 905. The largest absolute Gasteiger partial charge is 0.478 e. The van der Waals surface area contributed by atoms with Crippen molar-refractivity contribution in [3.63, 3.8) is 0 Å². The fraction of sp³-hybridized carbons (Fsp3) is 0.316. The first-order valence-corrected chi connectivity index (χ1v) is 8.41. The van der Waals surface area contributed by atoms with Gasteiger partial charge in [-0.25, -0.2) is 9.18 Å². The lowest BCUT2D eigenvalue weighted by molar-refractivity contribution is 0.0695. The minimum Gasteiger partial charge on any atom is -0.478 e. The first-order valence-electron chi connectivity index (χ1n) is 8.41. The number of rotatable bonds is 7. The molecule has 0 unspecified atom stereocenters. The highest BCUT2D eigenvalue weighted by Crippen LogP contribution is 2.24. The number of carbonyl (C=O) groups is 1. The van der Waals surface area contributed by atoms with Crippen LogP contribution in [0.5, 0.6) is 0 Å². The van der Waals surface area contributed by atoms with Gasteiger partial charge in [-0.05, 0) is 36.2 Å². The third kappa shape index (κ3) is 3.68. The fourth-order valence-electron chi connectivity index (χ4n) is 2.99. The molecule has 0 radical (unpaired) electrons. The summed E-state index contributed by atoms with van der Waals surface area (Å²) in [6.07, 6.45) is 6.49. The summed E-state index contributed by atoms with van der Waals surface area (Å²) in [5, 5.41) is 14.7. The number of aryl methyl sites for hydroxylation is 1. The maximum atomic E-state index is 13.7. The Morgan fingerprint density at radius 1 is 1.28 bits per heavy atom. The van der Waals surface area contributed by atoms with Gasteiger partial charge in [0.1, 0.15) is 5.82 Å². The van der Waals surface area contributed by atoms with Crippen LogP contribution in [0.25, 0.3) is 10.9 Å². The third-order valence-corrected chi connectivity index (χ3v) is 4.25. The number of pyridine rings is 1. The van der Waals surface area contributed by atoms with E-state index in [1.54, 1.807) is 6.07 Å². The zero-order valence-electron chi connectivity index (χ0n) is 14.1. The highest BCUT2D eigenvalue weighted by molar-refractivity contribution is 5.89. The summed E-state index contributed by atoms with van der Waals surface area (Å²) < 4.78 is 15.6.